The SMILES string of the molecule is O=C1NCc2ccc(cc2)CNC(=O)c2cccc(n2)C(=O)NC[C@H]2CC[C@@H](CNC(=O)c3cccc1n3)C[C@H]2S(=O)(=O)O. The molecule has 6 heterocycles. The molecule has 0 saturated heterocycles. The average molecular weight is 621 g/mol. The Bertz CT molecular complexity index is 1680. The zero-order chi connectivity index (χ0) is 31.3. The minimum Gasteiger partial charge on any atom is -0.350 e. The zero-order valence-corrected chi connectivity index (χ0v) is 24.5. The fourth-order valence-corrected chi connectivity index (χ4v) is 6.63. The van der Waals surface area contributed by atoms with E-state index in [1.54, 1.807) is 18.2 Å². The molecule has 5 aliphatic rings. The Morgan fingerprint density at radius 1 is 0.614 bits per heavy atom. The highest BCUT2D eigenvalue weighted by Gasteiger charge is 2.38. The summed E-state index contributed by atoms with van der Waals surface area (Å²) in [5, 5.41) is 9.83. The largest absolute Gasteiger partial charge is 0.350 e. The number of amides is 4. The van der Waals surface area contributed by atoms with E-state index in [4.69, 9.17) is 0 Å². The Hall–Kier alpha value is -4.69. The predicted octanol–water partition coefficient (Wildman–Crippen LogP) is 1.48. The normalized spacial score (nSPS) is 22.0. The fraction of sp³-hybridized carbons (Fsp3) is 0.333. The minimum atomic E-state index is -4.46. The number of rotatable bonds is 1. The van der Waals surface area contributed by atoms with E-state index in [1.807, 2.05) is 12.1 Å². The van der Waals surface area contributed by atoms with Crippen LogP contribution < -0.4 is 21.3 Å². The highest BCUT2D eigenvalue weighted by Crippen LogP contribution is 2.33. The van der Waals surface area contributed by atoms with Crippen molar-refractivity contribution in [2.75, 3.05) is 13.1 Å². The first-order chi connectivity index (χ1) is 21.1. The van der Waals surface area contributed by atoms with Crippen LogP contribution >= 0.6 is 0 Å². The Morgan fingerprint density at radius 3 is 1.50 bits per heavy atom. The number of benzene rings is 1. The summed E-state index contributed by atoms with van der Waals surface area (Å²) in [6, 6.07) is 16.2. The number of nitrogens with one attached hydrogen (secondary N) is 4. The van der Waals surface area contributed by atoms with Gasteiger partial charge in [-0.05, 0) is 66.5 Å². The Balaban J connectivity index is 1.37. The number of hydrogen-bond donors (Lipinski definition) is 5. The maximum Gasteiger partial charge on any atom is 0.270 e. The van der Waals surface area contributed by atoms with Gasteiger partial charge in [0, 0.05) is 26.2 Å². The van der Waals surface area contributed by atoms with Crippen LogP contribution in [-0.2, 0) is 23.2 Å². The topological polar surface area (TPSA) is 197 Å². The van der Waals surface area contributed by atoms with Crippen LogP contribution in [0.1, 0.15) is 72.3 Å². The summed E-state index contributed by atoms with van der Waals surface area (Å²) < 4.78 is 34.6. The van der Waals surface area contributed by atoms with E-state index in [9.17, 15) is 32.1 Å². The standard InChI is InChI=1S/C30H32N6O7S/c37-27-22-3-1-5-24(35-22)29(39)33-16-20-11-12-21(26(13-20)44(41,42)43)17-34-30(40)25-6-2-4-23(36-25)28(38)32-15-19-9-7-18(8-10-19)14-31-27/h1-10,20-21,26H,11-17H2,(H,31,37)(H,32,38)(H,33,39)(H,34,40)(H,41,42,43)/t20-,21-,26-/m1/s1. The van der Waals surface area contributed by atoms with Gasteiger partial charge in [-0.3, -0.25) is 23.7 Å². The monoisotopic (exact) mass is 620 g/mol. The Morgan fingerprint density at radius 2 is 1.05 bits per heavy atom. The molecule has 1 aliphatic carbocycles. The summed E-state index contributed by atoms with van der Waals surface area (Å²) in [4.78, 5) is 59.6. The maximum absolute atomic E-state index is 12.9. The molecule has 2 aromatic heterocycles. The van der Waals surface area contributed by atoms with Crippen molar-refractivity contribution in [1.82, 2.24) is 31.2 Å². The first kappa shape index (κ1) is 30.8. The molecule has 5 N–H and O–H groups in total. The van der Waals surface area contributed by atoms with E-state index in [-0.39, 0.29) is 61.3 Å². The second-order valence-corrected chi connectivity index (χ2v) is 12.5. The molecule has 14 heteroatoms. The highest BCUT2D eigenvalue weighted by atomic mass is 32.2. The van der Waals surface area contributed by atoms with Crippen LogP contribution in [0.5, 0.6) is 0 Å². The van der Waals surface area contributed by atoms with Gasteiger partial charge in [0.15, 0.2) is 0 Å². The molecule has 4 aliphatic heterocycles. The summed E-state index contributed by atoms with van der Waals surface area (Å²) in [7, 11) is -4.46. The van der Waals surface area contributed by atoms with Gasteiger partial charge >= 0.3 is 0 Å². The van der Waals surface area contributed by atoms with Crippen molar-refractivity contribution in [2.24, 2.45) is 11.8 Å². The molecule has 1 saturated carbocycles. The van der Waals surface area contributed by atoms with Crippen molar-refractivity contribution in [3.05, 3.63) is 94.6 Å². The van der Waals surface area contributed by atoms with Crippen molar-refractivity contribution >= 4 is 33.7 Å². The molecule has 44 heavy (non-hydrogen) atoms. The molecule has 0 radical (unpaired) electrons. The van der Waals surface area contributed by atoms with Crippen LogP contribution in [0.25, 0.3) is 0 Å². The van der Waals surface area contributed by atoms with E-state index < -0.39 is 44.9 Å². The van der Waals surface area contributed by atoms with Gasteiger partial charge in [0.25, 0.3) is 33.7 Å². The number of pyridine rings is 2. The van der Waals surface area contributed by atoms with Crippen LogP contribution in [0.4, 0.5) is 0 Å². The Kier molecular flexibility index (Phi) is 9.30. The predicted molar refractivity (Wildman–Crippen MR) is 158 cm³/mol. The van der Waals surface area contributed by atoms with Gasteiger partial charge in [-0.2, -0.15) is 8.42 Å². The lowest BCUT2D eigenvalue weighted by molar-refractivity contribution is 0.0912. The van der Waals surface area contributed by atoms with Crippen LogP contribution in [0.2, 0.25) is 0 Å². The van der Waals surface area contributed by atoms with E-state index in [1.165, 1.54) is 30.3 Å². The first-order valence-electron chi connectivity index (χ1n) is 14.2. The minimum absolute atomic E-state index is 0.0111. The summed E-state index contributed by atoms with van der Waals surface area (Å²) in [5.41, 5.74) is 1.72. The third-order valence-corrected chi connectivity index (χ3v) is 9.20. The van der Waals surface area contributed by atoms with Crippen molar-refractivity contribution in [3.8, 4) is 0 Å². The lowest BCUT2D eigenvalue weighted by Crippen LogP contribution is -2.44. The smallest absolute Gasteiger partial charge is 0.270 e. The summed E-state index contributed by atoms with van der Waals surface area (Å²) >= 11 is 0. The van der Waals surface area contributed by atoms with Crippen molar-refractivity contribution in [2.45, 2.75) is 37.6 Å². The summed E-state index contributed by atoms with van der Waals surface area (Å²) in [6.45, 7) is 0.508. The molecule has 4 amide bonds. The maximum atomic E-state index is 12.9. The number of carbonyl (C=O) groups excluding carboxylic acids is 4. The number of aromatic nitrogens is 2. The first-order valence-corrected chi connectivity index (χ1v) is 15.7. The van der Waals surface area contributed by atoms with E-state index in [2.05, 4.69) is 31.2 Å². The van der Waals surface area contributed by atoms with Crippen LogP contribution in [-0.4, -0.2) is 64.9 Å². The summed E-state index contributed by atoms with van der Waals surface area (Å²) in [5.74, 6) is -2.88. The van der Waals surface area contributed by atoms with Gasteiger partial charge in [-0.1, -0.05) is 36.4 Å². The molecule has 1 aromatic carbocycles. The van der Waals surface area contributed by atoms with Gasteiger partial charge in [0.1, 0.15) is 22.8 Å². The van der Waals surface area contributed by atoms with Crippen LogP contribution in [0, 0.1) is 11.8 Å². The number of hydrogen-bond acceptors (Lipinski definition) is 8. The van der Waals surface area contributed by atoms with Gasteiger partial charge < -0.3 is 21.3 Å². The molecule has 230 valence electrons. The van der Waals surface area contributed by atoms with Gasteiger partial charge in [0.2, 0.25) is 0 Å². The molecule has 13 nitrogen and oxygen atoms in total. The molecule has 1 fully saturated rings. The fourth-order valence-electron chi connectivity index (χ4n) is 5.40. The van der Waals surface area contributed by atoms with Crippen molar-refractivity contribution in [3.63, 3.8) is 0 Å². The molecular weight excluding hydrogens is 588 g/mol. The van der Waals surface area contributed by atoms with Gasteiger partial charge in [-0.15, -0.1) is 0 Å². The molecule has 0 unspecified atom stereocenters. The molecular formula is C30H32N6O7S. The Labute approximate surface area is 254 Å². The lowest BCUT2D eigenvalue weighted by Gasteiger charge is -2.34. The van der Waals surface area contributed by atoms with Crippen LogP contribution in [0.15, 0.2) is 60.7 Å². The molecule has 0 spiro atoms. The van der Waals surface area contributed by atoms with Crippen molar-refractivity contribution in [1.29, 1.82) is 0 Å². The molecule has 8 rings (SSSR count). The van der Waals surface area contributed by atoms with Crippen LogP contribution in [0.3, 0.4) is 0 Å². The lowest BCUT2D eigenvalue weighted by atomic mass is 9.81. The molecule has 8 bridgehead atoms. The second kappa shape index (κ2) is 13.3. The zero-order valence-electron chi connectivity index (χ0n) is 23.7. The van der Waals surface area contributed by atoms with Crippen molar-refractivity contribution < 1.29 is 32.1 Å². The molecule has 3 aromatic rings. The second-order valence-electron chi connectivity index (χ2n) is 10.9. The summed E-state index contributed by atoms with van der Waals surface area (Å²) in [6.07, 6.45) is 0.983. The van der Waals surface area contributed by atoms with E-state index >= 15 is 0 Å². The quantitative estimate of drug-likeness (QED) is 0.250. The third-order valence-electron chi connectivity index (χ3n) is 7.85. The van der Waals surface area contributed by atoms with E-state index in [0.29, 0.717) is 12.8 Å². The molecule has 3 atom stereocenters. The van der Waals surface area contributed by atoms with Gasteiger partial charge in [0.05, 0.1) is 5.25 Å². The third kappa shape index (κ3) is 7.63. The number of nitrogens with zero attached hydrogens (tertiary/aromatic N) is 2. The van der Waals surface area contributed by atoms with Gasteiger partial charge in [-0.25, -0.2) is 9.97 Å². The van der Waals surface area contributed by atoms with E-state index in [0.717, 1.165) is 11.1 Å². The average Bonchev–Trinajstić information content (AvgIpc) is 3.03. The number of carbonyl (C=O) groups is 4. The highest BCUT2D eigenvalue weighted by molar-refractivity contribution is 7.86.